The zero-order valence-electron chi connectivity index (χ0n) is 12.6. The predicted octanol–water partition coefficient (Wildman–Crippen LogP) is 1.97. The van der Waals surface area contributed by atoms with Gasteiger partial charge in [0, 0.05) is 38.3 Å². The molecule has 2 fully saturated rings. The first-order chi connectivity index (χ1) is 9.33. The highest BCUT2D eigenvalue weighted by atomic mass is 15.3. The highest BCUT2D eigenvalue weighted by molar-refractivity contribution is 5.80. The van der Waals surface area contributed by atoms with E-state index < -0.39 is 0 Å². The van der Waals surface area contributed by atoms with Crippen molar-refractivity contribution in [2.75, 3.05) is 26.2 Å². The topological polar surface area (TPSA) is 39.7 Å². The summed E-state index contributed by atoms with van der Waals surface area (Å²) in [5.41, 5.74) is 0. The third-order valence-electron chi connectivity index (χ3n) is 4.24. The van der Waals surface area contributed by atoms with Crippen molar-refractivity contribution in [2.45, 2.75) is 64.5 Å². The van der Waals surface area contributed by atoms with Gasteiger partial charge in [-0.05, 0) is 32.6 Å². The average molecular weight is 266 g/mol. The van der Waals surface area contributed by atoms with Crippen LogP contribution in [0.4, 0.5) is 0 Å². The Labute approximate surface area is 118 Å². The summed E-state index contributed by atoms with van der Waals surface area (Å²) in [7, 11) is 0. The standard InChI is InChI=1S/C15H30N4/c1-3-10-17-15(16-4-2)18-13-9-11-19(12-13)14-7-5-6-8-14/h13-14H,3-12H2,1-2H3,(H2,16,17,18). The summed E-state index contributed by atoms with van der Waals surface area (Å²) in [5.74, 6) is 1.00. The van der Waals surface area contributed by atoms with Gasteiger partial charge in [0.05, 0.1) is 0 Å². The van der Waals surface area contributed by atoms with Crippen LogP contribution >= 0.6 is 0 Å². The lowest BCUT2D eigenvalue weighted by atomic mass is 10.2. The van der Waals surface area contributed by atoms with Crippen LogP contribution in [0, 0.1) is 0 Å². The molecule has 1 heterocycles. The van der Waals surface area contributed by atoms with Gasteiger partial charge in [-0.25, -0.2) is 0 Å². The fourth-order valence-electron chi connectivity index (χ4n) is 3.24. The molecule has 0 spiro atoms. The fraction of sp³-hybridized carbons (Fsp3) is 0.933. The first kappa shape index (κ1) is 14.6. The van der Waals surface area contributed by atoms with Crippen molar-refractivity contribution < 1.29 is 0 Å². The molecular weight excluding hydrogens is 236 g/mol. The zero-order valence-corrected chi connectivity index (χ0v) is 12.6. The lowest BCUT2D eigenvalue weighted by Crippen LogP contribution is -2.45. The first-order valence-corrected chi connectivity index (χ1v) is 8.12. The Morgan fingerprint density at radius 1 is 1.21 bits per heavy atom. The molecule has 19 heavy (non-hydrogen) atoms. The number of rotatable bonds is 5. The molecule has 1 unspecified atom stereocenters. The molecule has 1 atom stereocenters. The summed E-state index contributed by atoms with van der Waals surface area (Å²) in [4.78, 5) is 7.28. The zero-order chi connectivity index (χ0) is 13.5. The second-order valence-electron chi connectivity index (χ2n) is 5.82. The predicted molar refractivity (Wildman–Crippen MR) is 81.6 cm³/mol. The molecule has 0 aromatic rings. The maximum atomic E-state index is 4.59. The third-order valence-corrected chi connectivity index (χ3v) is 4.24. The molecule has 1 aliphatic heterocycles. The van der Waals surface area contributed by atoms with Gasteiger partial charge in [-0.1, -0.05) is 19.8 Å². The summed E-state index contributed by atoms with van der Waals surface area (Å²) in [6.45, 7) is 8.60. The van der Waals surface area contributed by atoms with E-state index in [0.717, 1.165) is 31.5 Å². The molecule has 1 saturated carbocycles. The van der Waals surface area contributed by atoms with Crippen molar-refractivity contribution in [1.29, 1.82) is 0 Å². The van der Waals surface area contributed by atoms with Gasteiger partial charge in [0.2, 0.25) is 0 Å². The van der Waals surface area contributed by atoms with Crippen LogP contribution in [-0.2, 0) is 0 Å². The Hall–Kier alpha value is -0.770. The summed E-state index contributed by atoms with van der Waals surface area (Å²) in [6.07, 6.45) is 8.05. The second kappa shape index (κ2) is 7.73. The Balaban J connectivity index is 1.78. The number of hydrogen-bond acceptors (Lipinski definition) is 2. The highest BCUT2D eigenvalue weighted by Gasteiger charge is 2.30. The smallest absolute Gasteiger partial charge is 0.191 e. The molecule has 4 heteroatoms. The average Bonchev–Trinajstić information content (AvgIpc) is 3.06. The number of likely N-dealkylation sites (tertiary alicyclic amines) is 1. The monoisotopic (exact) mass is 266 g/mol. The number of hydrogen-bond donors (Lipinski definition) is 2. The van der Waals surface area contributed by atoms with Crippen molar-refractivity contribution in [3.63, 3.8) is 0 Å². The number of aliphatic imine (C=N–C) groups is 1. The van der Waals surface area contributed by atoms with E-state index in [0.29, 0.717) is 6.04 Å². The molecule has 4 nitrogen and oxygen atoms in total. The molecule has 1 aliphatic carbocycles. The van der Waals surface area contributed by atoms with Gasteiger partial charge < -0.3 is 10.6 Å². The Kier molecular flexibility index (Phi) is 5.95. The fourth-order valence-corrected chi connectivity index (χ4v) is 3.24. The molecule has 0 amide bonds. The minimum absolute atomic E-state index is 0.579. The first-order valence-electron chi connectivity index (χ1n) is 8.12. The van der Waals surface area contributed by atoms with Crippen LogP contribution in [0.3, 0.4) is 0 Å². The van der Waals surface area contributed by atoms with Crippen LogP contribution in [0.1, 0.15) is 52.4 Å². The van der Waals surface area contributed by atoms with Gasteiger partial charge in [0.1, 0.15) is 0 Å². The van der Waals surface area contributed by atoms with Crippen LogP contribution < -0.4 is 10.6 Å². The number of guanidine groups is 1. The maximum absolute atomic E-state index is 4.59. The molecule has 0 aromatic heterocycles. The number of nitrogens with zero attached hydrogens (tertiary/aromatic N) is 2. The van der Waals surface area contributed by atoms with Gasteiger partial charge >= 0.3 is 0 Å². The van der Waals surface area contributed by atoms with Crippen LogP contribution in [0.2, 0.25) is 0 Å². The Morgan fingerprint density at radius 2 is 2.00 bits per heavy atom. The normalized spacial score (nSPS) is 26.0. The van der Waals surface area contributed by atoms with Crippen molar-refractivity contribution in [3.8, 4) is 0 Å². The van der Waals surface area contributed by atoms with Gasteiger partial charge in [-0.15, -0.1) is 0 Å². The van der Waals surface area contributed by atoms with Crippen molar-refractivity contribution >= 4 is 5.96 Å². The van der Waals surface area contributed by atoms with E-state index in [4.69, 9.17) is 0 Å². The molecule has 2 aliphatic rings. The van der Waals surface area contributed by atoms with Gasteiger partial charge in [0.15, 0.2) is 5.96 Å². The molecule has 0 radical (unpaired) electrons. The molecule has 2 N–H and O–H groups in total. The Bertz CT molecular complexity index is 284. The highest BCUT2D eigenvalue weighted by Crippen LogP contribution is 2.26. The SMILES string of the molecule is CCCN=C(NCC)NC1CCN(C2CCCC2)C1. The molecule has 1 saturated heterocycles. The van der Waals surface area contributed by atoms with Crippen molar-refractivity contribution in [2.24, 2.45) is 4.99 Å². The van der Waals surface area contributed by atoms with Gasteiger partial charge in [0.25, 0.3) is 0 Å². The van der Waals surface area contributed by atoms with Crippen LogP contribution in [-0.4, -0.2) is 49.1 Å². The van der Waals surface area contributed by atoms with Crippen molar-refractivity contribution in [1.82, 2.24) is 15.5 Å². The minimum atomic E-state index is 0.579. The maximum Gasteiger partial charge on any atom is 0.191 e. The quantitative estimate of drug-likeness (QED) is 0.590. The Morgan fingerprint density at radius 3 is 2.68 bits per heavy atom. The summed E-state index contributed by atoms with van der Waals surface area (Å²) < 4.78 is 0. The van der Waals surface area contributed by atoms with E-state index >= 15 is 0 Å². The second-order valence-corrected chi connectivity index (χ2v) is 5.82. The molecule has 2 rings (SSSR count). The van der Waals surface area contributed by atoms with Gasteiger partial charge in [-0.2, -0.15) is 0 Å². The van der Waals surface area contributed by atoms with E-state index in [9.17, 15) is 0 Å². The van der Waals surface area contributed by atoms with Gasteiger partial charge in [-0.3, -0.25) is 9.89 Å². The van der Waals surface area contributed by atoms with E-state index in [1.54, 1.807) is 0 Å². The van der Waals surface area contributed by atoms with Crippen LogP contribution in [0.5, 0.6) is 0 Å². The van der Waals surface area contributed by atoms with Crippen LogP contribution in [0.25, 0.3) is 0 Å². The lowest BCUT2D eigenvalue weighted by Gasteiger charge is -2.24. The van der Waals surface area contributed by atoms with Crippen LogP contribution in [0.15, 0.2) is 4.99 Å². The minimum Gasteiger partial charge on any atom is -0.357 e. The molecule has 0 bridgehead atoms. The third kappa shape index (κ3) is 4.37. The largest absolute Gasteiger partial charge is 0.357 e. The van der Waals surface area contributed by atoms with Crippen molar-refractivity contribution in [3.05, 3.63) is 0 Å². The van der Waals surface area contributed by atoms with E-state index in [-0.39, 0.29) is 0 Å². The summed E-state index contributed by atoms with van der Waals surface area (Å²) >= 11 is 0. The molecule has 0 aromatic carbocycles. The number of nitrogens with one attached hydrogen (secondary N) is 2. The van der Waals surface area contributed by atoms with E-state index in [2.05, 4.69) is 34.4 Å². The molecule has 110 valence electrons. The molecular formula is C15H30N4. The lowest BCUT2D eigenvalue weighted by molar-refractivity contribution is 0.242. The summed E-state index contributed by atoms with van der Waals surface area (Å²) in [6, 6.07) is 1.44. The van der Waals surface area contributed by atoms with E-state index in [1.165, 1.54) is 45.2 Å². The summed E-state index contributed by atoms with van der Waals surface area (Å²) in [5, 5.41) is 6.95. The van der Waals surface area contributed by atoms with E-state index in [1.807, 2.05) is 0 Å².